The predicted octanol–water partition coefficient (Wildman–Crippen LogP) is 3.22. The van der Waals surface area contributed by atoms with Gasteiger partial charge in [-0.3, -0.25) is 4.90 Å². The molecule has 3 heteroatoms. The van der Waals surface area contributed by atoms with Gasteiger partial charge in [0.05, 0.1) is 6.07 Å². The average Bonchev–Trinajstić information content (AvgIpc) is 2.49. The van der Waals surface area contributed by atoms with Gasteiger partial charge in [-0.2, -0.15) is 5.26 Å². The van der Waals surface area contributed by atoms with E-state index in [0.29, 0.717) is 6.42 Å². The molecule has 0 atom stereocenters. The van der Waals surface area contributed by atoms with E-state index in [4.69, 9.17) is 10.00 Å². The minimum Gasteiger partial charge on any atom is -0.381 e. The van der Waals surface area contributed by atoms with Crippen molar-refractivity contribution in [1.82, 2.24) is 4.90 Å². The van der Waals surface area contributed by atoms with Crippen LogP contribution in [0.5, 0.6) is 0 Å². The van der Waals surface area contributed by atoms with E-state index in [1.54, 1.807) is 0 Å². The van der Waals surface area contributed by atoms with E-state index in [9.17, 15) is 0 Å². The van der Waals surface area contributed by atoms with Crippen molar-refractivity contribution in [3.8, 4) is 6.07 Å². The lowest BCUT2D eigenvalue weighted by atomic mass is 9.99. The molecule has 0 saturated carbocycles. The van der Waals surface area contributed by atoms with Gasteiger partial charge < -0.3 is 4.74 Å². The monoisotopic (exact) mass is 272 g/mol. The van der Waals surface area contributed by atoms with Crippen LogP contribution in [0.15, 0.2) is 30.3 Å². The van der Waals surface area contributed by atoms with Crippen molar-refractivity contribution < 1.29 is 4.74 Å². The van der Waals surface area contributed by atoms with Gasteiger partial charge in [0, 0.05) is 32.7 Å². The molecule has 1 fully saturated rings. The number of nitriles is 1. The van der Waals surface area contributed by atoms with Crippen LogP contribution in [0.4, 0.5) is 0 Å². The highest BCUT2D eigenvalue weighted by Crippen LogP contribution is 2.18. The first-order valence-electron chi connectivity index (χ1n) is 7.59. The van der Waals surface area contributed by atoms with Gasteiger partial charge in [-0.15, -0.1) is 0 Å². The summed E-state index contributed by atoms with van der Waals surface area (Å²) in [5.74, 6) is 0.745. The fourth-order valence-electron chi connectivity index (χ4n) is 2.75. The number of nitrogens with zero attached hydrogens (tertiary/aromatic N) is 2. The quantitative estimate of drug-likeness (QED) is 0.715. The molecule has 3 nitrogen and oxygen atoms in total. The molecule has 1 aromatic carbocycles. The van der Waals surface area contributed by atoms with E-state index >= 15 is 0 Å². The lowest BCUT2D eigenvalue weighted by Crippen LogP contribution is -2.33. The largest absolute Gasteiger partial charge is 0.381 e. The molecule has 2 rings (SSSR count). The maximum absolute atomic E-state index is 8.71. The molecule has 20 heavy (non-hydrogen) atoms. The number of benzene rings is 1. The molecule has 0 radical (unpaired) electrons. The van der Waals surface area contributed by atoms with Gasteiger partial charge in [-0.1, -0.05) is 30.3 Å². The van der Waals surface area contributed by atoms with Gasteiger partial charge in [0.2, 0.25) is 0 Å². The van der Waals surface area contributed by atoms with Crippen LogP contribution in [-0.4, -0.2) is 31.2 Å². The number of hydrogen-bond donors (Lipinski definition) is 0. The molecule has 0 spiro atoms. The normalized spacial score (nSPS) is 16.2. The SMILES string of the molecule is N#CCCCN(Cc1ccccc1)CC1CCOCC1. The van der Waals surface area contributed by atoms with Crippen molar-refractivity contribution in [2.45, 2.75) is 32.2 Å². The van der Waals surface area contributed by atoms with E-state index in [2.05, 4.69) is 41.3 Å². The Morgan fingerprint density at radius 3 is 2.65 bits per heavy atom. The molecular formula is C17H24N2O. The van der Waals surface area contributed by atoms with E-state index in [-0.39, 0.29) is 0 Å². The summed E-state index contributed by atoms with van der Waals surface area (Å²) in [7, 11) is 0. The Morgan fingerprint density at radius 2 is 1.95 bits per heavy atom. The fourth-order valence-corrected chi connectivity index (χ4v) is 2.75. The van der Waals surface area contributed by atoms with Crippen LogP contribution >= 0.6 is 0 Å². The van der Waals surface area contributed by atoms with Gasteiger partial charge in [-0.25, -0.2) is 0 Å². The Balaban J connectivity index is 1.87. The number of ether oxygens (including phenoxy) is 1. The molecule has 108 valence electrons. The molecule has 0 aromatic heterocycles. The summed E-state index contributed by atoms with van der Waals surface area (Å²) in [6.07, 6.45) is 3.96. The smallest absolute Gasteiger partial charge is 0.0622 e. The average molecular weight is 272 g/mol. The standard InChI is InChI=1S/C17H24N2O/c18-10-4-5-11-19(14-16-6-2-1-3-7-16)15-17-8-12-20-13-9-17/h1-3,6-7,17H,4-5,8-9,11-15H2. The van der Waals surface area contributed by atoms with E-state index in [1.807, 2.05) is 0 Å². The van der Waals surface area contributed by atoms with Crippen LogP contribution in [0.2, 0.25) is 0 Å². The summed E-state index contributed by atoms with van der Waals surface area (Å²) in [5, 5.41) is 8.71. The van der Waals surface area contributed by atoms with Gasteiger partial charge >= 0.3 is 0 Å². The van der Waals surface area contributed by atoms with Crippen LogP contribution in [0.3, 0.4) is 0 Å². The van der Waals surface area contributed by atoms with Crippen LogP contribution in [0.25, 0.3) is 0 Å². The van der Waals surface area contributed by atoms with Crippen LogP contribution in [0.1, 0.15) is 31.2 Å². The summed E-state index contributed by atoms with van der Waals surface area (Å²) < 4.78 is 5.44. The molecular weight excluding hydrogens is 248 g/mol. The van der Waals surface area contributed by atoms with E-state index in [0.717, 1.165) is 45.2 Å². The second-order valence-electron chi connectivity index (χ2n) is 5.54. The van der Waals surface area contributed by atoms with Gasteiger partial charge in [0.1, 0.15) is 0 Å². The maximum atomic E-state index is 8.71. The lowest BCUT2D eigenvalue weighted by Gasteiger charge is -2.29. The first-order chi connectivity index (χ1) is 9.88. The third-order valence-electron chi connectivity index (χ3n) is 3.87. The summed E-state index contributed by atoms with van der Waals surface area (Å²) in [6.45, 7) is 4.94. The van der Waals surface area contributed by atoms with Crippen molar-refractivity contribution >= 4 is 0 Å². The fraction of sp³-hybridized carbons (Fsp3) is 0.588. The highest BCUT2D eigenvalue weighted by Gasteiger charge is 2.17. The van der Waals surface area contributed by atoms with Crippen LogP contribution in [0, 0.1) is 17.2 Å². The zero-order valence-electron chi connectivity index (χ0n) is 12.1. The second kappa shape index (κ2) is 8.73. The maximum Gasteiger partial charge on any atom is 0.0622 e. The third-order valence-corrected chi connectivity index (χ3v) is 3.87. The van der Waals surface area contributed by atoms with Gasteiger partial charge in [0.25, 0.3) is 0 Å². The molecule has 1 aromatic rings. The Labute approximate surface area is 122 Å². The van der Waals surface area contributed by atoms with Gasteiger partial charge in [-0.05, 0) is 37.3 Å². The van der Waals surface area contributed by atoms with Crippen molar-refractivity contribution in [3.63, 3.8) is 0 Å². The van der Waals surface area contributed by atoms with Crippen molar-refractivity contribution in [3.05, 3.63) is 35.9 Å². The number of unbranched alkanes of at least 4 members (excludes halogenated alkanes) is 1. The lowest BCUT2D eigenvalue weighted by molar-refractivity contribution is 0.0512. The minimum atomic E-state index is 0.652. The third kappa shape index (κ3) is 5.32. The Bertz CT molecular complexity index is 407. The molecule has 0 amide bonds. The van der Waals surface area contributed by atoms with E-state index in [1.165, 1.54) is 18.4 Å². The number of rotatable bonds is 7. The summed E-state index contributed by atoms with van der Waals surface area (Å²) in [6, 6.07) is 12.9. The first-order valence-corrected chi connectivity index (χ1v) is 7.59. The number of hydrogen-bond acceptors (Lipinski definition) is 3. The summed E-state index contributed by atoms with van der Waals surface area (Å²) >= 11 is 0. The Morgan fingerprint density at radius 1 is 1.20 bits per heavy atom. The zero-order valence-corrected chi connectivity index (χ0v) is 12.1. The zero-order chi connectivity index (χ0) is 14.0. The second-order valence-corrected chi connectivity index (χ2v) is 5.54. The summed E-state index contributed by atoms with van der Waals surface area (Å²) in [4.78, 5) is 2.50. The molecule has 1 aliphatic heterocycles. The molecule has 0 bridgehead atoms. The summed E-state index contributed by atoms with van der Waals surface area (Å²) in [5.41, 5.74) is 1.36. The van der Waals surface area contributed by atoms with Crippen LogP contribution < -0.4 is 0 Å². The highest BCUT2D eigenvalue weighted by molar-refractivity contribution is 5.14. The Hall–Kier alpha value is -1.37. The van der Waals surface area contributed by atoms with E-state index < -0.39 is 0 Å². The molecule has 1 saturated heterocycles. The van der Waals surface area contributed by atoms with Crippen molar-refractivity contribution in [2.75, 3.05) is 26.3 Å². The first kappa shape index (κ1) is 15.0. The highest BCUT2D eigenvalue weighted by atomic mass is 16.5. The molecule has 1 aliphatic rings. The molecule has 0 N–H and O–H groups in total. The van der Waals surface area contributed by atoms with Crippen molar-refractivity contribution in [2.24, 2.45) is 5.92 Å². The molecule has 1 heterocycles. The Kier molecular flexibility index (Phi) is 6.56. The predicted molar refractivity (Wildman–Crippen MR) is 80.1 cm³/mol. The van der Waals surface area contributed by atoms with Crippen molar-refractivity contribution in [1.29, 1.82) is 5.26 Å². The topological polar surface area (TPSA) is 36.3 Å². The minimum absolute atomic E-state index is 0.652. The van der Waals surface area contributed by atoms with Crippen LogP contribution in [-0.2, 0) is 11.3 Å². The molecule has 0 aliphatic carbocycles. The molecule has 0 unspecified atom stereocenters. The van der Waals surface area contributed by atoms with Gasteiger partial charge in [0.15, 0.2) is 0 Å².